The molecular weight excluding hydrogens is 352 g/mol. The second-order valence-corrected chi connectivity index (χ2v) is 11.4. The fraction of sp³-hybridized carbons (Fsp3) is 0.958. The first-order valence-corrected chi connectivity index (χ1v) is 11.7. The molecule has 4 fully saturated rings. The molecule has 0 aromatic heterocycles. The van der Waals surface area contributed by atoms with E-state index < -0.39 is 5.97 Å². The highest BCUT2D eigenvalue weighted by atomic mass is 16.4. The number of carboxylic acids is 1. The molecule has 0 aliphatic heterocycles. The van der Waals surface area contributed by atoms with Crippen molar-refractivity contribution in [1.82, 2.24) is 0 Å². The van der Waals surface area contributed by atoms with Crippen molar-refractivity contribution >= 4 is 5.97 Å². The summed E-state index contributed by atoms with van der Waals surface area (Å²) >= 11 is 0. The molecule has 0 amide bonds. The summed E-state index contributed by atoms with van der Waals surface area (Å²) in [6, 6.07) is 0. The Labute approximate surface area is 170 Å². The fourth-order valence-corrected chi connectivity index (χ4v) is 8.73. The Bertz CT molecular complexity index is 605. The van der Waals surface area contributed by atoms with Crippen LogP contribution in [0.15, 0.2) is 0 Å². The van der Waals surface area contributed by atoms with Gasteiger partial charge in [-0.25, -0.2) is 0 Å². The summed E-state index contributed by atoms with van der Waals surface area (Å²) in [5.41, 5.74) is 0.523. The van der Waals surface area contributed by atoms with E-state index in [-0.39, 0.29) is 29.5 Å². The third kappa shape index (κ3) is 3.14. The number of rotatable bonds is 4. The molecule has 3 N–H and O–H groups in total. The highest BCUT2D eigenvalue weighted by Gasteiger charge is 2.62. The van der Waals surface area contributed by atoms with E-state index in [1.807, 2.05) is 0 Å². The molecule has 4 heteroatoms. The SMILES string of the molecule is C[C@@H](CCC(=O)O)[C@H]1CCC2C3C(CC[C@@]21C)[C@@]1(C)CC[C@@H](O)C[C@H]1C[C@H]3O. The van der Waals surface area contributed by atoms with Crippen molar-refractivity contribution < 1.29 is 20.1 Å². The zero-order valence-corrected chi connectivity index (χ0v) is 17.9. The molecule has 0 bridgehead atoms. The van der Waals surface area contributed by atoms with Crippen LogP contribution in [-0.2, 0) is 4.79 Å². The van der Waals surface area contributed by atoms with Gasteiger partial charge in [-0.2, -0.15) is 0 Å². The topological polar surface area (TPSA) is 77.8 Å². The average molecular weight is 393 g/mol. The molecule has 4 rings (SSSR count). The maximum absolute atomic E-state index is 11.2. The van der Waals surface area contributed by atoms with Crippen LogP contribution < -0.4 is 0 Å². The molecule has 3 unspecified atom stereocenters. The Hall–Kier alpha value is -0.610. The second kappa shape index (κ2) is 7.27. The lowest BCUT2D eigenvalue weighted by Gasteiger charge is -2.62. The van der Waals surface area contributed by atoms with E-state index in [2.05, 4.69) is 20.8 Å². The number of hydrogen-bond donors (Lipinski definition) is 3. The smallest absolute Gasteiger partial charge is 0.303 e. The Kier molecular flexibility index (Phi) is 5.36. The molecule has 4 saturated carbocycles. The summed E-state index contributed by atoms with van der Waals surface area (Å²) in [5.74, 6) is 2.36. The molecule has 0 radical (unpaired) electrons. The normalized spacial score (nSPS) is 51.7. The number of aliphatic hydroxyl groups is 2. The summed E-state index contributed by atoms with van der Waals surface area (Å²) in [6.07, 6.45) is 9.19. The monoisotopic (exact) mass is 392 g/mol. The summed E-state index contributed by atoms with van der Waals surface area (Å²) in [5, 5.41) is 30.5. The minimum atomic E-state index is -0.684. The minimum absolute atomic E-state index is 0.179. The molecular formula is C24H40O4. The van der Waals surface area contributed by atoms with Crippen molar-refractivity contribution in [2.75, 3.05) is 0 Å². The quantitative estimate of drug-likeness (QED) is 0.659. The number of carbonyl (C=O) groups is 1. The summed E-state index contributed by atoms with van der Waals surface area (Å²) < 4.78 is 0. The van der Waals surface area contributed by atoms with Crippen LogP contribution in [0.25, 0.3) is 0 Å². The molecule has 0 saturated heterocycles. The molecule has 4 aliphatic rings. The van der Waals surface area contributed by atoms with E-state index in [1.165, 1.54) is 25.7 Å². The van der Waals surface area contributed by atoms with Gasteiger partial charge in [0.05, 0.1) is 12.2 Å². The molecule has 0 aromatic carbocycles. The van der Waals surface area contributed by atoms with Crippen LogP contribution in [0.1, 0.15) is 85.0 Å². The maximum atomic E-state index is 11.2. The van der Waals surface area contributed by atoms with E-state index in [0.29, 0.717) is 35.5 Å². The lowest BCUT2D eigenvalue weighted by molar-refractivity contribution is -0.174. The summed E-state index contributed by atoms with van der Waals surface area (Å²) in [4.78, 5) is 11.1. The zero-order valence-electron chi connectivity index (χ0n) is 17.9. The third-order valence-electron chi connectivity index (χ3n) is 10.2. The van der Waals surface area contributed by atoms with E-state index in [0.717, 1.165) is 32.1 Å². The first-order chi connectivity index (χ1) is 13.2. The van der Waals surface area contributed by atoms with Crippen molar-refractivity contribution in [1.29, 1.82) is 0 Å². The molecule has 4 nitrogen and oxygen atoms in total. The van der Waals surface area contributed by atoms with Crippen molar-refractivity contribution in [2.24, 2.45) is 46.3 Å². The summed E-state index contributed by atoms with van der Waals surface area (Å²) in [6.45, 7) is 7.16. The van der Waals surface area contributed by atoms with E-state index >= 15 is 0 Å². The lowest BCUT2D eigenvalue weighted by Crippen LogP contribution is -2.58. The lowest BCUT2D eigenvalue weighted by atomic mass is 9.43. The van der Waals surface area contributed by atoms with Crippen molar-refractivity contribution in [2.45, 2.75) is 97.2 Å². The standard InChI is InChI=1S/C24H40O4/c1-14(4-7-21(27)28)17-5-6-18-22-19(9-11-24(17,18)3)23(2)10-8-16(25)12-15(23)13-20(22)26/h14-20,22,25-26H,4-13H2,1-3H3,(H,27,28)/t14-,15-,16+,17+,18?,19?,20+,22?,23-,24+/m0/s1. The number of hydrogen-bond acceptors (Lipinski definition) is 3. The van der Waals surface area contributed by atoms with Crippen LogP contribution in [0.5, 0.6) is 0 Å². The second-order valence-electron chi connectivity index (χ2n) is 11.4. The largest absolute Gasteiger partial charge is 0.481 e. The van der Waals surface area contributed by atoms with Crippen LogP contribution >= 0.6 is 0 Å². The predicted molar refractivity (Wildman–Crippen MR) is 109 cm³/mol. The minimum Gasteiger partial charge on any atom is -0.481 e. The zero-order chi connectivity index (χ0) is 20.3. The van der Waals surface area contributed by atoms with Gasteiger partial charge in [-0.1, -0.05) is 20.8 Å². The Balaban J connectivity index is 1.55. The molecule has 0 aromatic rings. The first-order valence-electron chi connectivity index (χ1n) is 11.7. The average Bonchev–Trinajstić information content (AvgIpc) is 2.98. The first kappa shape index (κ1) is 20.7. The Morgan fingerprint density at radius 1 is 1.00 bits per heavy atom. The van der Waals surface area contributed by atoms with Gasteiger partial charge in [0.25, 0.3) is 0 Å². The van der Waals surface area contributed by atoms with Gasteiger partial charge in [0.2, 0.25) is 0 Å². The maximum Gasteiger partial charge on any atom is 0.303 e. The fourth-order valence-electron chi connectivity index (χ4n) is 8.73. The molecule has 4 aliphatic carbocycles. The van der Waals surface area contributed by atoms with Crippen LogP contribution in [0.4, 0.5) is 0 Å². The van der Waals surface area contributed by atoms with Gasteiger partial charge in [0, 0.05) is 6.42 Å². The Morgan fingerprint density at radius 3 is 2.39 bits per heavy atom. The van der Waals surface area contributed by atoms with E-state index in [1.54, 1.807) is 0 Å². The number of aliphatic hydroxyl groups excluding tert-OH is 2. The van der Waals surface area contributed by atoms with Gasteiger partial charge in [-0.15, -0.1) is 0 Å². The van der Waals surface area contributed by atoms with Crippen molar-refractivity contribution in [3.05, 3.63) is 0 Å². The van der Waals surface area contributed by atoms with Gasteiger partial charge < -0.3 is 15.3 Å². The number of carboxylic acid groups (broad SMARTS) is 1. The third-order valence-corrected chi connectivity index (χ3v) is 10.2. The summed E-state index contributed by atoms with van der Waals surface area (Å²) in [7, 11) is 0. The molecule has 0 spiro atoms. The van der Waals surface area contributed by atoms with Gasteiger partial charge in [0.15, 0.2) is 0 Å². The Morgan fingerprint density at radius 2 is 1.68 bits per heavy atom. The van der Waals surface area contributed by atoms with Crippen molar-refractivity contribution in [3.8, 4) is 0 Å². The highest BCUT2D eigenvalue weighted by molar-refractivity contribution is 5.66. The van der Waals surface area contributed by atoms with Gasteiger partial charge >= 0.3 is 5.97 Å². The van der Waals surface area contributed by atoms with Gasteiger partial charge in [-0.05, 0) is 104 Å². The van der Waals surface area contributed by atoms with Crippen LogP contribution in [0.3, 0.4) is 0 Å². The van der Waals surface area contributed by atoms with Crippen LogP contribution in [-0.4, -0.2) is 33.5 Å². The van der Waals surface area contributed by atoms with Crippen LogP contribution in [0.2, 0.25) is 0 Å². The molecule has 160 valence electrons. The van der Waals surface area contributed by atoms with E-state index in [9.17, 15) is 15.0 Å². The molecule has 28 heavy (non-hydrogen) atoms. The number of aliphatic carboxylic acids is 1. The highest BCUT2D eigenvalue weighted by Crippen LogP contribution is 2.68. The van der Waals surface area contributed by atoms with Crippen LogP contribution in [0, 0.1) is 46.3 Å². The van der Waals surface area contributed by atoms with Gasteiger partial charge in [0.1, 0.15) is 0 Å². The van der Waals surface area contributed by atoms with Crippen molar-refractivity contribution in [3.63, 3.8) is 0 Å². The number of fused-ring (bicyclic) bond motifs is 5. The van der Waals surface area contributed by atoms with E-state index in [4.69, 9.17) is 5.11 Å². The molecule has 10 atom stereocenters. The molecule has 0 heterocycles. The predicted octanol–water partition coefficient (Wildman–Crippen LogP) is 4.48. The van der Waals surface area contributed by atoms with Gasteiger partial charge in [-0.3, -0.25) is 4.79 Å².